The second-order valence-corrected chi connectivity index (χ2v) is 2.23. The van der Waals surface area contributed by atoms with Crippen molar-refractivity contribution in [2.24, 2.45) is 0 Å². The van der Waals surface area contributed by atoms with Gasteiger partial charge in [0.1, 0.15) is 11.7 Å². The lowest BCUT2D eigenvalue weighted by Gasteiger charge is -1.96. The lowest BCUT2D eigenvalue weighted by molar-refractivity contribution is 0.515. The Kier molecular flexibility index (Phi) is 1.46. The van der Waals surface area contributed by atoms with E-state index in [2.05, 4.69) is 16.2 Å². The van der Waals surface area contributed by atoms with Gasteiger partial charge in [0.15, 0.2) is 11.6 Å². The third-order valence-corrected chi connectivity index (χ3v) is 1.49. The Hall–Kier alpha value is -1.58. The summed E-state index contributed by atoms with van der Waals surface area (Å²) in [5.41, 5.74) is 0.241. The quantitative estimate of drug-likeness (QED) is 0.593. The lowest BCUT2D eigenvalue weighted by atomic mass is 10.3. The van der Waals surface area contributed by atoms with Crippen LogP contribution in [0.5, 0.6) is 0 Å². The molecule has 0 saturated heterocycles. The molecular weight excluding hydrogens is 162 g/mol. The average Bonchev–Trinajstić information content (AvgIpc) is 2.12. The normalized spacial score (nSPS) is 10.5. The highest BCUT2D eigenvalue weighted by Gasteiger charge is 2.07. The van der Waals surface area contributed by atoms with Gasteiger partial charge < -0.3 is 0 Å². The first-order valence-electron chi connectivity index (χ1n) is 3.26. The molecule has 2 aromatic rings. The van der Waals surface area contributed by atoms with Gasteiger partial charge in [-0.25, -0.2) is 13.8 Å². The summed E-state index contributed by atoms with van der Waals surface area (Å²) in [6, 6.07) is 2.39. The van der Waals surface area contributed by atoms with E-state index in [9.17, 15) is 8.78 Å². The predicted octanol–water partition coefficient (Wildman–Crippen LogP) is 1.71. The minimum absolute atomic E-state index is 0.0856. The molecule has 0 spiro atoms. The summed E-state index contributed by atoms with van der Waals surface area (Å²) in [7, 11) is 0. The summed E-state index contributed by atoms with van der Waals surface area (Å²) in [6.45, 7) is 0. The van der Waals surface area contributed by atoms with Crippen molar-refractivity contribution in [3.05, 3.63) is 36.2 Å². The molecule has 1 heterocycles. The Morgan fingerprint density at radius 3 is 2.92 bits per heavy atom. The van der Waals surface area contributed by atoms with E-state index < -0.39 is 11.6 Å². The topological polar surface area (TPSA) is 25.8 Å². The van der Waals surface area contributed by atoms with Crippen molar-refractivity contribution in [1.29, 1.82) is 0 Å². The summed E-state index contributed by atoms with van der Waals surface area (Å²) >= 11 is 0. The summed E-state index contributed by atoms with van der Waals surface area (Å²) < 4.78 is 25.5. The SMILES string of the molecule is Fc1ccc2nc[c]nc2c1F. The maximum atomic E-state index is 12.9. The number of benzene rings is 1. The molecule has 0 saturated carbocycles. The van der Waals surface area contributed by atoms with Gasteiger partial charge in [-0.1, -0.05) is 0 Å². The highest BCUT2D eigenvalue weighted by Crippen LogP contribution is 2.14. The van der Waals surface area contributed by atoms with Crippen LogP contribution in [-0.4, -0.2) is 9.97 Å². The standard InChI is InChI=1S/C8H3F2N2/c9-5-1-2-6-8(7(5)10)12-4-3-11-6/h1-3H. The smallest absolute Gasteiger partial charge is 0.186 e. The van der Waals surface area contributed by atoms with Crippen molar-refractivity contribution in [2.75, 3.05) is 0 Å². The largest absolute Gasteiger partial charge is 0.252 e. The fourth-order valence-corrected chi connectivity index (χ4v) is 0.932. The summed E-state index contributed by atoms with van der Waals surface area (Å²) in [6.07, 6.45) is 3.64. The van der Waals surface area contributed by atoms with E-state index >= 15 is 0 Å². The molecule has 0 aliphatic rings. The maximum absolute atomic E-state index is 12.9. The van der Waals surface area contributed by atoms with Crippen molar-refractivity contribution in [3.8, 4) is 0 Å². The Labute approximate surface area is 66.9 Å². The molecule has 0 unspecified atom stereocenters. The van der Waals surface area contributed by atoms with Gasteiger partial charge in [0.25, 0.3) is 0 Å². The summed E-state index contributed by atoms with van der Waals surface area (Å²) in [4.78, 5) is 7.30. The third kappa shape index (κ3) is 0.922. The second-order valence-electron chi connectivity index (χ2n) is 2.23. The fraction of sp³-hybridized carbons (Fsp3) is 0. The predicted molar refractivity (Wildman–Crippen MR) is 38.3 cm³/mol. The van der Waals surface area contributed by atoms with Crippen LogP contribution in [0.1, 0.15) is 0 Å². The molecule has 0 bridgehead atoms. The van der Waals surface area contributed by atoms with Gasteiger partial charge in [-0.3, -0.25) is 4.98 Å². The molecule has 12 heavy (non-hydrogen) atoms. The van der Waals surface area contributed by atoms with Crippen LogP contribution in [0, 0.1) is 17.8 Å². The van der Waals surface area contributed by atoms with Gasteiger partial charge in [-0.2, -0.15) is 0 Å². The summed E-state index contributed by atoms with van der Waals surface area (Å²) in [5.74, 6) is -1.90. The number of nitrogens with zero attached hydrogens (tertiary/aromatic N) is 2. The molecule has 0 aliphatic heterocycles. The van der Waals surface area contributed by atoms with Crippen LogP contribution in [0.15, 0.2) is 18.3 Å². The molecule has 1 aromatic heterocycles. The lowest BCUT2D eigenvalue weighted by Crippen LogP contribution is -1.90. The highest BCUT2D eigenvalue weighted by atomic mass is 19.2. The van der Waals surface area contributed by atoms with E-state index in [0.29, 0.717) is 5.52 Å². The third-order valence-electron chi connectivity index (χ3n) is 1.49. The van der Waals surface area contributed by atoms with Gasteiger partial charge in [0, 0.05) is 0 Å². The second kappa shape index (κ2) is 2.48. The van der Waals surface area contributed by atoms with E-state index in [1.807, 2.05) is 0 Å². The number of fused-ring (bicyclic) bond motifs is 1. The fourth-order valence-electron chi connectivity index (χ4n) is 0.932. The van der Waals surface area contributed by atoms with Crippen molar-refractivity contribution < 1.29 is 8.78 Å². The molecule has 0 aliphatic carbocycles. The summed E-state index contributed by atoms with van der Waals surface area (Å²) in [5, 5.41) is 0. The van der Waals surface area contributed by atoms with Gasteiger partial charge in [0.05, 0.1) is 11.7 Å². The molecule has 0 fully saturated rings. The number of rotatable bonds is 0. The van der Waals surface area contributed by atoms with Crippen LogP contribution >= 0.6 is 0 Å². The van der Waals surface area contributed by atoms with Crippen LogP contribution in [0.3, 0.4) is 0 Å². The van der Waals surface area contributed by atoms with Crippen molar-refractivity contribution >= 4 is 11.0 Å². The highest BCUT2D eigenvalue weighted by molar-refractivity contribution is 5.74. The van der Waals surface area contributed by atoms with Crippen LogP contribution in [0.2, 0.25) is 0 Å². The Morgan fingerprint density at radius 1 is 1.25 bits per heavy atom. The van der Waals surface area contributed by atoms with E-state index in [1.165, 1.54) is 12.3 Å². The van der Waals surface area contributed by atoms with Gasteiger partial charge in [-0.05, 0) is 12.1 Å². The first kappa shape index (κ1) is 7.09. The minimum Gasteiger partial charge on any atom is -0.252 e. The van der Waals surface area contributed by atoms with Crippen LogP contribution < -0.4 is 0 Å². The minimum atomic E-state index is -0.975. The van der Waals surface area contributed by atoms with Gasteiger partial charge in [-0.15, -0.1) is 0 Å². The van der Waals surface area contributed by atoms with E-state index in [-0.39, 0.29) is 5.52 Å². The van der Waals surface area contributed by atoms with E-state index in [0.717, 1.165) is 6.07 Å². The Morgan fingerprint density at radius 2 is 2.08 bits per heavy atom. The molecular formula is C8H3F2N2. The number of aromatic nitrogens is 2. The van der Waals surface area contributed by atoms with Crippen LogP contribution in [0.25, 0.3) is 11.0 Å². The van der Waals surface area contributed by atoms with Crippen molar-refractivity contribution in [3.63, 3.8) is 0 Å². The monoisotopic (exact) mass is 165 g/mol. The molecule has 1 aromatic carbocycles. The number of halogens is 2. The van der Waals surface area contributed by atoms with Crippen molar-refractivity contribution in [1.82, 2.24) is 9.97 Å². The molecule has 2 nitrogen and oxygen atoms in total. The molecule has 2 rings (SSSR count). The first-order chi connectivity index (χ1) is 5.79. The molecule has 1 radical (unpaired) electrons. The van der Waals surface area contributed by atoms with Gasteiger partial charge >= 0.3 is 0 Å². The Balaban J connectivity index is 2.91. The van der Waals surface area contributed by atoms with Crippen molar-refractivity contribution in [2.45, 2.75) is 0 Å². The zero-order valence-corrected chi connectivity index (χ0v) is 5.88. The average molecular weight is 165 g/mol. The maximum Gasteiger partial charge on any atom is 0.186 e. The first-order valence-corrected chi connectivity index (χ1v) is 3.26. The zero-order valence-electron chi connectivity index (χ0n) is 5.88. The van der Waals surface area contributed by atoms with Gasteiger partial charge in [0.2, 0.25) is 0 Å². The number of hydrogen-bond acceptors (Lipinski definition) is 2. The molecule has 0 atom stereocenters. The molecule has 0 amide bonds. The molecule has 4 heteroatoms. The Bertz CT molecular complexity index is 428. The van der Waals surface area contributed by atoms with E-state index in [4.69, 9.17) is 0 Å². The zero-order chi connectivity index (χ0) is 8.55. The number of hydrogen-bond donors (Lipinski definition) is 0. The molecule has 0 N–H and O–H groups in total. The van der Waals surface area contributed by atoms with Crippen LogP contribution in [-0.2, 0) is 0 Å². The molecule has 59 valence electrons. The van der Waals surface area contributed by atoms with E-state index in [1.54, 1.807) is 0 Å². The van der Waals surface area contributed by atoms with Crippen LogP contribution in [0.4, 0.5) is 8.78 Å².